The van der Waals surface area contributed by atoms with Gasteiger partial charge in [-0.05, 0) is 61.7 Å². The lowest BCUT2D eigenvalue weighted by molar-refractivity contribution is 0.235. The van der Waals surface area contributed by atoms with Crippen LogP contribution in [0.25, 0.3) is 0 Å². The Morgan fingerprint density at radius 2 is 1.96 bits per heavy atom. The molecule has 1 aliphatic heterocycles. The Bertz CT molecular complexity index is 875. The first-order chi connectivity index (χ1) is 12.7. The van der Waals surface area contributed by atoms with Crippen LogP contribution >= 0.6 is 11.6 Å². The van der Waals surface area contributed by atoms with Gasteiger partial charge in [0.15, 0.2) is 0 Å². The van der Waals surface area contributed by atoms with Crippen LogP contribution in [0.15, 0.2) is 55.0 Å². The number of hydrogen-bond acceptors (Lipinski definition) is 3. The van der Waals surface area contributed by atoms with Gasteiger partial charge in [0.05, 0.1) is 6.04 Å². The lowest BCUT2D eigenvalue weighted by atomic mass is 10.1. The van der Waals surface area contributed by atoms with Gasteiger partial charge in [-0.1, -0.05) is 23.7 Å². The van der Waals surface area contributed by atoms with Crippen LogP contribution in [0.5, 0.6) is 0 Å². The monoisotopic (exact) mass is 366 g/mol. The summed E-state index contributed by atoms with van der Waals surface area (Å²) in [7, 11) is 0. The minimum Gasteiger partial charge on any atom is -0.327 e. The van der Waals surface area contributed by atoms with Crippen LogP contribution in [0.4, 0.5) is 0 Å². The molecule has 134 valence electrons. The van der Waals surface area contributed by atoms with Crippen molar-refractivity contribution in [1.82, 2.24) is 19.4 Å². The Kier molecular flexibility index (Phi) is 5.05. The van der Waals surface area contributed by atoms with Crippen molar-refractivity contribution in [3.63, 3.8) is 0 Å². The van der Waals surface area contributed by atoms with Crippen LogP contribution in [0, 0.1) is 6.92 Å². The molecule has 0 aliphatic carbocycles. The second kappa shape index (κ2) is 7.60. The first-order valence-corrected chi connectivity index (χ1v) is 9.48. The number of likely N-dealkylation sites (tertiary alicyclic amines) is 1. The highest BCUT2D eigenvalue weighted by molar-refractivity contribution is 6.30. The minimum atomic E-state index is 0.351. The Balaban J connectivity index is 1.58. The number of hydrogen-bond donors (Lipinski definition) is 0. The number of imidazole rings is 1. The van der Waals surface area contributed by atoms with Gasteiger partial charge in [0.1, 0.15) is 5.82 Å². The van der Waals surface area contributed by atoms with Gasteiger partial charge in [0.2, 0.25) is 0 Å². The van der Waals surface area contributed by atoms with Crippen LogP contribution in [0.2, 0.25) is 5.02 Å². The maximum absolute atomic E-state index is 6.16. The van der Waals surface area contributed by atoms with Gasteiger partial charge in [-0.25, -0.2) is 4.98 Å². The summed E-state index contributed by atoms with van der Waals surface area (Å²) < 4.78 is 2.34. The zero-order chi connectivity index (χ0) is 17.9. The number of rotatable bonds is 5. The molecule has 0 saturated carbocycles. The molecule has 1 aromatic carbocycles. The molecule has 1 saturated heterocycles. The summed E-state index contributed by atoms with van der Waals surface area (Å²) in [5.41, 5.74) is 3.71. The number of aryl methyl sites for hydroxylation is 1. The maximum Gasteiger partial charge on any atom is 0.126 e. The summed E-state index contributed by atoms with van der Waals surface area (Å²) in [6.07, 6.45) is 8.04. The normalized spacial score (nSPS) is 17.7. The van der Waals surface area contributed by atoms with Gasteiger partial charge in [-0.15, -0.1) is 0 Å². The van der Waals surface area contributed by atoms with Gasteiger partial charge < -0.3 is 4.57 Å². The average Bonchev–Trinajstić information content (AvgIpc) is 3.23. The molecule has 1 aliphatic rings. The van der Waals surface area contributed by atoms with Crippen LogP contribution in [0.3, 0.4) is 0 Å². The third-order valence-corrected chi connectivity index (χ3v) is 5.35. The van der Waals surface area contributed by atoms with Gasteiger partial charge in [0, 0.05) is 42.4 Å². The zero-order valence-corrected chi connectivity index (χ0v) is 15.7. The first-order valence-electron chi connectivity index (χ1n) is 9.10. The van der Waals surface area contributed by atoms with Crippen molar-refractivity contribution >= 4 is 11.6 Å². The second-order valence-electron chi connectivity index (χ2n) is 6.96. The standard InChI is InChI=1S/C21H23ClN4/c1-16-13-24-21(26(16)15-17-7-9-23-10-8-17)20-6-3-11-25(20)14-18-4-2-5-19(22)12-18/h2,4-5,7-10,12-13,20H,3,6,11,14-15H2,1H3. The highest BCUT2D eigenvalue weighted by atomic mass is 35.5. The summed E-state index contributed by atoms with van der Waals surface area (Å²) >= 11 is 6.16. The van der Waals surface area contributed by atoms with Gasteiger partial charge in [-0.2, -0.15) is 0 Å². The smallest absolute Gasteiger partial charge is 0.126 e. The van der Waals surface area contributed by atoms with Gasteiger partial charge in [-0.3, -0.25) is 9.88 Å². The molecule has 4 rings (SSSR count). The highest BCUT2D eigenvalue weighted by Crippen LogP contribution is 2.33. The fourth-order valence-electron chi connectivity index (χ4n) is 3.80. The van der Waals surface area contributed by atoms with Crippen molar-refractivity contribution in [2.45, 2.75) is 38.9 Å². The van der Waals surface area contributed by atoms with E-state index in [1.807, 2.05) is 30.7 Å². The second-order valence-corrected chi connectivity index (χ2v) is 7.39. The number of halogens is 1. The van der Waals surface area contributed by atoms with Gasteiger partial charge >= 0.3 is 0 Å². The summed E-state index contributed by atoms with van der Waals surface area (Å²) in [5.74, 6) is 1.17. The summed E-state index contributed by atoms with van der Waals surface area (Å²) in [6, 6.07) is 12.7. The van der Waals surface area contributed by atoms with E-state index in [0.717, 1.165) is 31.1 Å². The molecule has 1 atom stereocenters. The fourth-order valence-corrected chi connectivity index (χ4v) is 4.01. The lowest BCUT2D eigenvalue weighted by Crippen LogP contribution is -2.25. The Morgan fingerprint density at radius 3 is 2.77 bits per heavy atom. The molecule has 4 nitrogen and oxygen atoms in total. The topological polar surface area (TPSA) is 34.0 Å². The van der Waals surface area contributed by atoms with E-state index in [1.54, 1.807) is 0 Å². The predicted molar refractivity (Wildman–Crippen MR) is 104 cm³/mol. The fraction of sp³-hybridized carbons (Fsp3) is 0.333. The largest absolute Gasteiger partial charge is 0.327 e. The van der Waals surface area contributed by atoms with E-state index < -0.39 is 0 Å². The van der Waals surface area contributed by atoms with Crippen LogP contribution in [0.1, 0.15) is 41.5 Å². The van der Waals surface area contributed by atoms with E-state index >= 15 is 0 Å². The zero-order valence-electron chi connectivity index (χ0n) is 15.0. The van der Waals surface area contributed by atoms with Crippen molar-refractivity contribution in [2.24, 2.45) is 0 Å². The maximum atomic E-state index is 6.16. The van der Waals surface area contributed by atoms with Crippen LogP contribution in [-0.2, 0) is 13.1 Å². The summed E-state index contributed by atoms with van der Waals surface area (Å²) in [6.45, 7) is 4.98. The molecular formula is C21H23ClN4. The molecule has 0 N–H and O–H groups in total. The summed E-state index contributed by atoms with van der Waals surface area (Å²) in [4.78, 5) is 11.4. The van der Waals surface area contributed by atoms with Crippen molar-refractivity contribution in [3.8, 4) is 0 Å². The number of pyridine rings is 1. The van der Waals surface area contributed by atoms with Crippen LogP contribution < -0.4 is 0 Å². The van der Waals surface area contributed by atoms with E-state index in [9.17, 15) is 0 Å². The minimum absolute atomic E-state index is 0.351. The highest BCUT2D eigenvalue weighted by Gasteiger charge is 2.30. The molecule has 0 spiro atoms. The SMILES string of the molecule is Cc1cnc(C2CCCN2Cc2cccc(Cl)c2)n1Cc1ccncc1. The molecule has 0 bridgehead atoms. The quantitative estimate of drug-likeness (QED) is 0.660. The van der Waals surface area contributed by atoms with Gasteiger partial charge in [0.25, 0.3) is 0 Å². The Hall–Kier alpha value is -2.17. The number of benzene rings is 1. The third kappa shape index (κ3) is 3.67. The lowest BCUT2D eigenvalue weighted by Gasteiger charge is -2.25. The first kappa shape index (κ1) is 17.3. The van der Waals surface area contributed by atoms with Crippen molar-refractivity contribution in [3.05, 3.63) is 82.7 Å². The molecule has 1 fully saturated rings. The molecule has 2 aromatic heterocycles. The van der Waals surface area contributed by atoms with E-state index in [0.29, 0.717) is 6.04 Å². The van der Waals surface area contributed by atoms with E-state index in [-0.39, 0.29) is 0 Å². The van der Waals surface area contributed by atoms with Crippen LogP contribution in [-0.4, -0.2) is 26.0 Å². The predicted octanol–water partition coefficient (Wildman–Crippen LogP) is 4.63. The van der Waals surface area contributed by atoms with E-state index in [1.165, 1.54) is 29.1 Å². The third-order valence-electron chi connectivity index (χ3n) is 5.11. The van der Waals surface area contributed by atoms with E-state index in [4.69, 9.17) is 16.6 Å². The molecule has 0 radical (unpaired) electrons. The molecule has 5 heteroatoms. The molecule has 3 heterocycles. The molecule has 3 aromatic rings. The summed E-state index contributed by atoms with van der Waals surface area (Å²) in [5, 5.41) is 0.799. The van der Waals surface area contributed by atoms with Crippen molar-refractivity contribution in [2.75, 3.05) is 6.54 Å². The molecular weight excluding hydrogens is 344 g/mol. The Labute approximate surface area is 159 Å². The molecule has 0 amide bonds. The number of aromatic nitrogens is 3. The average molecular weight is 367 g/mol. The van der Waals surface area contributed by atoms with E-state index in [2.05, 4.69) is 45.6 Å². The number of nitrogens with zero attached hydrogens (tertiary/aromatic N) is 4. The molecule has 1 unspecified atom stereocenters. The van der Waals surface area contributed by atoms with Crippen molar-refractivity contribution < 1.29 is 0 Å². The molecule has 26 heavy (non-hydrogen) atoms. The Morgan fingerprint density at radius 1 is 1.12 bits per heavy atom. The van der Waals surface area contributed by atoms with Crippen molar-refractivity contribution in [1.29, 1.82) is 0 Å².